The zero-order chi connectivity index (χ0) is 14.3. The van der Waals surface area contributed by atoms with Gasteiger partial charge in [-0.3, -0.25) is 4.79 Å². The van der Waals surface area contributed by atoms with Crippen molar-refractivity contribution in [1.29, 1.82) is 5.26 Å². The first-order valence-corrected chi connectivity index (χ1v) is 5.93. The Morgan fingerprint density at radius 1 is 1.35 bits per heavy atom. The van der Waals surface area contributed by atoms with E-state index in [0.717, 1.165) is 0 Å². The molecule has 0 spiro atoms. The number of aromatic hydroxyl groups is 1. The van der Waals surface area contributed by atoms with Gasteiger partial charge in [0, 0.05) is 0 Å². The van der Waals surface area contributed by atoms with Crippen LogP contribution in [0.25, 0.3) is 16.8 Å². The number of nitrogens with zero attached hydrogens (tertiary/aromatic N) is 3. The summed E-state index contributed by atoms with van der Waals surface area (Å²) in [4.78, 5) is 14.8. The predicted octanol–water partition coefficient (Wildman–Crippen LogP) is 1.58. The SMILES string of the molecule is Cc1nn2c(O)c(-c3ccccc3)c(=O)[nH]c2c1C#N. The van der Waals surface area contributed by atoms with E-state index in [1.807, 2.05) is 12.1 Å². The number of aromatic amines is 1. The molecule has 0 fully saturated rings. The van der Waals surface area contributed by atoms with Gasteiger partial charge in [0.05, 0.1) is 5.69 Å². The summed E-state index contributed by atoms with van der Waals surface area (Å²) >= 11 is 0. The summed E-state index contributed by atoms with van der Waals surface area (Å²) in [6, 6.07) is 10.8. The summed E-state index contributed by atoms with van der Waals surface area (Å²) in [6.07, 6.45) is 0. The normalized spacial score (nSPS) is 10.6. The van der Waals surface area contributed by atoms with E-state index in [1.54, 1.807) is 31.2 Å². The second-order valence-corrected chi connectivity index (χ2v) is 4.35. The molecule has 98 valence electrons. The highest BCUT2D eigenvalue weighted by Crippen LogP contribution is 2.26. The Morgan fingerprint density at radius 3 is 2.70 bits per heavy atom. The van der Waals surface area contributed by atoms with Crippen LogP contribution in [-0.2, 0) is 0 Å². The van der Waals surface area contributed by atoms with E-state index in [4.69, 9.17) is 5.26 Å². The minimum Gasteiger partial charge on any atom is -0.493 e. The molecule has 3 aromatic rings. The van der Waals surface area contributed by atoms with E-state index < -0.39 is 5.56 Å². The highest BCUT2D eigenvalue weighted by atomic mass is 16.3. The Bertz CT molecular complexity index is 901. The van der Waals surface area contributed by atoms with E-state index in [-0.39, 0.29) is 22.7 Å². The zero-order valence-corrected chi connectivity index (χ0v) is 10.6. The highest BCUT2D eigenvalue weighted by molar-refractivity contribution is 5.70. The average Bonchev–Trinajstić information content (AvgIpc) is 2.76. The molecule has 0 unspecified atom stereocenters. The van der Waals surface area contributed by atoms with Crippen LogP contribution in [0.15, 0.2) is 35.1 Å². The summed E-state index contributed by atoms with van der Waals surface area (Å²) in [6.45, 7) is 1.64. The second kappa shape index (κ2) is 4.24. The molecule has 1 aromatic carbocycles. The van der Waals surface area contributed by atoms with Gasteiger partial charge in [0.25, 0.3) is 5.56 Å². The molecule has 2 heterocycles. The number of aromatic nitrogens is 3. The van der Waals surface area contributed by atoms with E-state index >= 15 is 0 Å². The Morgan fingerprint density at radius 2 is 2.05 bits per heavy atom. The quantitative estimate of drug-likeness (QED) is 0.699. The van der Waals surface area contributed by atoms with Gasteiger partial charge in [0.1, 0.15) is 17.2 Å². The first-order valence-electron chi connectivity index (χ1n) is 5.93. The first-order chi connectivity index (χ1) is 9.63. The summed E-state index contributed by atoms with van der Waals surface area (Å²) < 4.78 is 1.18. The maximum Gasteiger partial charge on any atom is 0.262 e. The van der Waals surface area contributed by atoms with Gasteiger partial charge in [-0.25, -0.2) is 0 Å². The fourth-order valence-electron chi connectivity index (χ4n) is 2.17. The zero-order valence-electron chi connectivity index (χ0n) is 10.6. The number of nitrogens with one attached hydrogen (secondary N) is 1. The van der Waals surface area contributed by atoms with Crippen molar-refractivity contribution in [2.75, 3.05) is 0 Å². The van der Waals surface area contributed by atoms with Gasteiger partial charge >= 0.3 is 0 Å². The fraction of sp³-hybridized carbons (Fsp3) is 0.0714. The molecule has 0 radical (unpaired) electrons. The molecule has 0 atom stereocenters. The van der Waals surface area contributed by atoms with Crippen molar-refractivity contribution in [2.24, 2.45) is 0 Å². The molecular weight excluding hydrogens is 256 g/mol. The van der Waals surface area contributed by atoms with Crippen molar-refractivity contribution in [1.82, 2.24) is 14.6 Å². The number of aryl methyl sites for hydroxylation is 1. The van der Waals surface area contributed by atoms with Crippen LogP contribution in [0.4, 0.5) is 0 Å². The molecule has 0 aliphatic carbocycles. The minimum atomic E-state index is -0.461. The Hall–Kier alpha value is -3.07. The summed E-state index contributed by atoms with van der Waals surface area (Å²) in [5, 5.41) is 23.4. The molecule has 0 amide bonds. The number of benzene rings is 1. The molecule has 20 heavy (non-hydrogen) atoms. The number of rotatable bonds is 1. The molecule has 0 aliphatic rings. The number of hydrogen-bond donors (Lipinski definition) is 2. The first kappa shape index (κ1) is 12.0. The Kier molecular flexibility index (Phi) is 2.54. The lowest BCUT2D eigenvalue weighted by molar-refractivity contribution is 0.436. The van der Waals surface area contributed by atoms with Gasteiger partial charge in [-0.05, 0) is 12.5 Å². The number of nitriles is 1. The molecule has 2 N–H and O–H groups in total. The number of fused-ring (bicyclic) bond motifs is 1. The van der Waals surface area contributed by atoms with Crippen molar-refractivity contribution >= 4 is 5.65 Å². The lowest BCUT2D eigenvalue weighted by Gasteiger charge is -2.05. The predicted molar refractivity (Wildman–Crippen MR) is 72.4 cm³/mol. The van der Waals surface area contributed by atoms with Crippen LogP contribution in [0, 0.1) is 18.3 Å². The van der Waals surface area contributed by atoms with Crippen LogP contribution in [-0.4, -0.2) is 19.7 Å². The smallest absolute Gasteiger partial charge is 0.262 e. The van der Waals surface area contributed by atoms with Crippen LogP contribution in [0.5, 0.6) is 5.88 Å². The van der Waals surface area contributed by atoms with Crippen molar-refractivity contribution in [2.45, 2.75) is 6.92 Å². The van der Waals surface area contributed by atoms with Crippen LogP contribution in [0.2, 0.25) is 0 Å². The molecule has 6 nitrogen and oxygen atoms in total. The molecule has 0 saturated carbocycles. The van der Waals surface area contributed by atoms with Crippen molar-refractivity contribution < 1.29 is 5.11 Å². The third-order valence-electron chi connectivity index (χ3n) is 3.12. The summed E-state index contributed by atoms with van der Waals surface area (Å²) in [5.74, 6) is -0.278. The van der Waals surface area contributed by atoms with E-state index in [9.17, 15) is 9.90 Å². The molecular formula is C14H10N4O2. The molecule has 0 aliphatic heterocycles. The van der Waals surface area contributed by atoms with Crippen molar-refractivity contribution in [3.05, 3.63) is 51.9 Å². The molecule has 0 bridgehead atoms. The lowest BCUT2D eigenvalue weighted by atomic mass is 10.1. The standard InChI is InChI=1S/C14H10N4O2/c1-8-10(7-15)12-16-13(19)11(14(20)18(12)17-8)9-5-3-2-4-6-9/h2-6,20H,1H3,(H,16,19). The Labute approximate surface area is 113 Å². The Balaban J connectivity index is 2.43. The third-order valence-corrected chi connectivity index (χ3v) is 3.12. The van der Waals surface area contributed by atoms with Gasteiger partial charge in [0.15, 0.2) is 5.65 Å². The topological polar surface area (TPSA) is 94.2 Å². The van der Waals surface area contributed by atoms with Crippen LogP contribution in [0.1, 0.15) is 11.3 Å². The fourth-order valence-corrected chi connectivity index (χ4v) is 2.17. The molecule has 2 aromatic heterocycles. The maximum absolute atomic E-state index is 12.2. The van der Waals surface area contributed by atoms with E-state index in [0.29, 0.717) is 11.3 Å². The van der Waals surface area contributed by atoms with Gasteiger partial charge in [0.2, 0.25) is 5.88 Å². The third kappa shape index (κ3) is 1.57. The van der Waals surface area contributed by atoms with Crippen LogP contribution < -0.4 is 5.56 Å². The van der Waals surface area contributed by atoms with Gasteiger partial charge in [-0.1, -0.05) is 30.3 Å². The van der Waals surface area contributed by atoms with E-state index in [1.165, 1.54) is 4.52 Å². The van der Waals surface area contributed by atoms with Gasteiger partial charge in [-0.2, -0.15) is 14.9 Å². The monoisotopic (exact) mass is 266 g/mol. The largest absolute Gasteiger partial charge is 0.493 e. The van der Waals surface area contributed by atoms with Crippen LogP contribution in [0.3, 0.4) is 0 Å². The maximum atomic E-state index is 12.2. The highest BCUT2D eigenvalue weighted by Gasteiger charge is 2.18. The second-order valence-electron chi connectivity index (χ2n) is 4.35. The summed E-state index contributed by atoms with van der Waals surface area (Å²) in [7, 11) is 0. The molecule has 6 heteroatoms. The van der Waals surface area contributed by atoms with Gasteiger partial charge in [-0.15, -0.1) is 0 Å². The van der Waals surface area contributed by atoms with E-state index in [2.05, 4.69) is 10.1 Å². The average molecular weight is 266 g/mol. The van der Waals surface area contributed by atoms with Gasteiger partial charge < -0.3 is 10.1 Å². The molecule has 3 rings (SSSR count). The van der Waals surface area contributed by atoms with Crippen molar-refractivity contribution in [3.8, 4) is 23.1 Å². The number of hydrogen-bond acceptors (Lipinski definition) is 4. The molecule has 0 saturated heterocycles. The van der Waals surface area contributed by atoms with Crippen molar-refractivity contribution in [3.63, 3.8) is 0 Å². The summed E-state index contributed by atoms with van der Waals surface area (Å²) in [5.41, 5.74) is 1.15. The van der Waals surface area contributed by atoms with Crippen LogP contribution >= 0.6 is 0 Å². The number of H-pyrrole nitrogens is 1. The minimum absolute atomic E-state index is 0.130. The lowest BCUT2D eigenvalue weighted by Crippen LogP contribution is -2.12.